The van der Waals surface area contributed by atoms with Crippen molar-refractivity contribution in [2.24, 2.45) is 5.41 Å². The van der Waals surface area contributed by atoms with Crippen LogP contribution in [-0.4, -0.2) is 25.0 Å². The highest BCUT2D eigenvalue weighted by Crippen LogP contribution is 2.21. The van der Waals surface area contributed by atoms with Crippen LogP contribution in [0.3, 0.4) is 0 Å². The molecule has 0 aromatic rings. The summed E-state index contributed by atoms with van der Waals surface area (Å²) in [6.45, 7) is 9.84. The highest BCUT2D eigenvalue weighted by Gasteiger charge is 2.16. The van der Waals surface area contributed by atoms with Crippen LogP contribution in [0.25, 0.3) is 0 Å². The number of amides is 1. The Morgan fingerprint density at radius 1 is 1.50 bits per heavy atom. The van der Waals surface area contributed by atoms with E-state index in [1.807, 2.05) is 0 Å². The van der Waals surface area contributed by atoms with Gasteiger partial charge in [-0.15, -0.1) is 0 Å². The van der Waals surface area contributed by atoms with Gasteiger partial charge in [0.2, 0.25) is 0 Å². The highest BCUT2D eigenvalue weighted by atomic mass is 16.5. The minimum atomic E-state index is -0.578. The van der Waals surface area contributed by atoms with Gasteiger partial charge in [-0.1, -0.05) is 33.4 Å². The van der Waals surface area contributed by atoms with Crippen molar-refractivity contribution >= 4 is 12.4 Å². The molecule has 0 aliphatic carbocycles. The molecule has 0 bridgehead atoms. The van der Waals surface area contributed by atoms with Gasteiger partial charge in [-0.25, -0.2) is 4.79 Å². The molecule has 1 atom stereocenters. The summed E-state index contributed by atoms with van der Waals surface area (Å²) in [7, 11) is 0. The Balaban J connectivity index is 3.95. The molecular formula is C12H21NO3. The Hall–Kier alpha value is -1.32. The average Bonchev–Trinajstić information content (AvgIpc) is 2.19. The maximum Gasteiger partial charge on any atom is 0.408 e. The summed E-state index contributed by atoms with van der Waals surface area (Å²) < 4.78 is 4.73. The lowest BCUT2D eigenvalue weighted by molar-refractivity contribution is -0.109. The van der Waals surface area contributed by atoms with Crippen molar-refractivity contribution in [2.45, 2.75) is 39.7 Å². The van der Waals surface area contributed by atoms with Gasteiger partial charge in [0, 0.05) is 0 Å². The number of nitrogens with one attached hydrogen (secondary N) is 1. The van der Waals surface area contributed by atoms with E-state index in [-0.39, 0.29) is 12.0 Å². The van der Waals surface area contributed by atoms with E-state index in [1.165, 1.54) is 6.08 Å². The van der Waals surface area contributed by atoms with Gasteiger partial charge in [-0.2, -0.15) is 0 Å². The third-order valence-electron chi connectivity index (χ3n) is 2.01. The molecule has 0 radical (unpaired) electrons. The van der Waals surface area contributed by atoms with Gasteiger partial charge in [0.25, 0.3) is 0 Å². The molecule has 1 N–H and O–H groups in total. The van der Waals surface area contributed by atoms with Crippen LogP contribution < -0.4 is 5.32 Å². The first-order chi connectivity index (χ1) is 7.39. The molecule has 0 saturated carbocycles. The van der Waals surface area contributed by atoms with E-state index in [0.29, 0.717) is 6.42 Å². The predicted molar refractivity (Wildman–Crippen MR) is 63.2 cm³/mol. The molecule has 0 rings (SSSR count). The SMILES string of the molecule is C=CCOC(=O)NC(C=O)CCC(C)(C)C. The zero-order valence-electron chi connectivity index (χ0n) is 10.3. The van der Waals surface area contributed by atoms with E-state index in [0.717, 1.165) is 12.7 Å². The van der Waals surface area contributed by atoms with E-state index in [2.05, 4.69) is 32.7 Å². The lowest BCUT2D eigenvalue weighted by Gasteiger charge is -2.20. The first kappa shape index (κ1) is 14.7. The highest BCUT2D eigenvalue weighted by molar-refractivity contribution is 5.73. The van der Waals surface area contributed by atoms with Crippen molar-refractivity contribution in [1.82, 2.24) is 5.32 Å². The van der Waals surface area contributed by atoms with Crippen molar-refractivity contribution in [2.75, 3.05) is 6.61 Å². The van der Waals surface area contributed by atoms with Gasteiger partial charge in [0.15, 0.2) is 0 Å². The molecule has 0 aromatic carbocycles. The summed E-state index contributed by atoms with van der Waals surface area (Å²) in [5.74, 6) is 0. The Bertz CT molecular complexity index is 243. The van der Waals surface area contributed by atoms with Crippen LogP contribution in [0.15, 0.2) is 12.7 Å². The fraction of sp³-hybridized carbons (Fsp3) is 0.667. The van der Waals surface area contributed by atoms with Gasteiger partial charge >= 0.3 is 6.09 Å². The molecule has 0 aromatic heterocycles. The molecule has 0 heterocycles. The fourth-order valence-corrected chi connectivity index (χ4v) is 1.09. The van der Waals surface area contributed by atoms with Crippen LogP contribution >= 0.6 is 0 Å². The van der Waals surface area contributed by atoms with E-state index in [1.54, 1.807) is 0 Å². The molecule has 0 saturated heterocycles. The maximum atomic E-state index is 11.2. The monoisotopic (exact) mass is 227 g/mol. The topological polar surface area (TPSA) is 55.4 Å². The summed E-state index contributed by atoms with van der Waals surface area (Å²) >= 11 is 0. The van der Waals surface area contributed by atoms with Crippen molar-refractivity contribution in [3.8, 4) is 0 Å². The molecular weight excluding hydrogens is 206 g/mol. The van der Waals surface area contributed by atoms with E-state index in [4.69, 9.17) is 4.74 Å². The lowest BCUT2D eigenvalue weighted by Crippen LogP contribution is -2.37. The predicted octanol–water partition coefficient (Wildman–Crippen LogP) is 2.29. The third kappa shape index (κ3) is 8.03. The van der Waals surface area contributed by atoms with E-state index < -0.39 is 12.1 Å². The quantitative estimate of drug-likeness (QED) is 0.559. The van der Waals surface area contributed by atoms with E-state index >= 15 is 0 Å². The molecule has 0 aliphatic rings. The molecule has 4 heteroatoms. The van der Waals surface area contributed by atoms with Crippen LogP contribution in [0.2, 0.25) is 0 Å². The Kier molecular flexibility index (Phi) is 6.46. The maximum absolute atomic E-state index is 11.2. The summed E-state index contributed by atoms with van der Waals surface area (Å²) in [6.07, 6.45) is 3.12. The number of alkyl carbamates (subject to hydrolysis) is 1. The zero-order chi connectivity index (χ0) is 12.6. The number of ether oxygens (including phenoxy) is 1. The molecule has 1 unspecified atom stereocenters. The largest absolute Gasteiger partial charge is 0.445 e. The first-order valence-electron chi connectivity index (χ1n) is 5.38. The summed E-state index contributed by atoms with van der Waals surface area (Å²) in [5, 5.41) is 2.50. The molecule has 92 valence electrons. The van der Waals surface area contributed by atoms with Crippen molar-refractivity contribution in [3.63, 3.8) is 0 Å². The minimum absolute atomic E-state index is 0.147. The van der Waals surface area contributed by atoms with Gasteiger partial charge in [0.05, 0.1) is 6.04 Å². The standard InChI is InChI=1S/C12H21NO3/c1-5-8-16-11(15)13-10(9-14)6-7-12(2,3)4/h5,9-10H,1,6-8H2,2-4H3,(H,13,15). The Morgan fingerprint density at radius 2 is 2.12 bits per heavy atom. The second kappa shape index (κ2) is 7.04. The number of carbonyl (C=O) groups excluding carboxylic acids is 2. The molecule has 1 amide bonds. The Morgan fingerprint density at radius 3 is 2.56 bits per heavy atom. The first-order valence-corrected chi connectivity index (χ1v) is 5.38. The molecule has 0 spiro atoms. The molecule has 0 fully saturated rings. The molecule has 16 heavy (non-hydrogen) atoms. The van der Waals surface area contributed by atoms with Crippen LogP contribution in [0, 0.1) is 5.41 Å². The summed E-state index contributed by atoms with van der Waals surface area (Å²) in [6, 6.07) is -0.475. The third-order valence-corrected chi connectivity index (χ3v) is 2.01. The van der Waals surface area contributed by atoms with Crippen LogP contribution in [0.1, 0.15) is 33.6 Å². The van der Waals surface area contributed by atoms with Crippen LogP contribution in [-0.2, 0) is 9.53 Å². The summed E-state index contributed by atoms with van der Waals surface area (Å²) in [5.41, 5.74) is 0.147. The normalized spacial score (nSPS) is 12.7. The molecule has 4 nitrogen and oxygen atoms in total. The van der Waals surface area contributed by atoms with Crippen molar-refractivity contribution in [1.29, 1.82) is 0 Å². The summed E-state index contributed by atoms with van der Waals surface area (Å²) in [4.78, 5) is 21.9. The van der Waals surface area contributed by atoms with Crippen LogP contribution in [0.5, 0.6) is 0 Å². The minimum Gasteiger partial charge on any atom is -0.445 e. The fourth-order valence-electron chi connectivity index (χ4n) is 1.09. The second-order valence-corrected chi connectivity index (χ2v) is 4.87. The van der Waals surface area contributed by atoms with E-state index in [9.17, 15) is 9.59 Å². The smallest absolute Gasteiger partial charge is 0.408 e. The van der Waals surface area contributed by atoms with Crippen molar-refractivity contribution in [3.05, 3.63) is 12.7 Å². The van der Waals surface area contributed by atoms with Gasteiger partial charge < -0.3 is 14.8 Å². The number of rotatable bonds is 6. The number of hydrogen-bond donors (Lipinski definition) is 1. The Labute approximate surface area is 97.1 Å². The second-order valence-electron chi connectivity index (χ2n) is 4.87. The lowest BCUT2D eigenvalue weighted by atomic mass is 9.89. The number of hydrogen-bond acceptors (Lipinski definition) is 3. The van der Waals surface area contributed by atoms with Crippen molar-refractivity contribution < 1.29 is 14.3 Å². The van der Waals surface area contributed by atoms with Gasteiger partial charge in [-0.05, 0) is 18.3 Å². The zero-order valence-corrected chi connectivity index (χ0v) is 10.3. The van der Waals surface area contributed by atoms with Gasteiger partial charge in [0.1, 0.15) is 12.9 Å². The number of carbonyl (C=O) groups is 2. The van der Waals surface area contributed by atoms with Crippen LogP contribution in [0.4, 0.5) is 4.79 Å². The number of aldehydes is 1. The van der Waals surface area contributed by atoms with Gasteiger partial charge in [-0.3, -0.25) is 0 Å². The average molecular weight is 227 g/mol. The molecule has 0 aliphatic heterocycles.